The number of sulfone groups is 1. The summed E-state index contributed by atoms with van der Waals surface area (Å²) >= 11 is 0. The minimum Gasteiger partial charge on any atom is -0.451 e. The van der Waals surface area contributed by atoms with E-state index in [0.717, 1.165) is 6.26 Å². The normalized spacial score (nSPS) is 11.4. The van der Waals surface area contributed by atoms with Crippen LogP contribution in [0, 0.1) is 0 Å². The summed E-state index contributed by atoms with van der Waals surface area (Å²) in [7, 11) is -3.37. The van der Waals surface area contributed by atoms with Crippen molar-refractivity contribution in [2.45, 2.75) is 5.75 Å². The van der Waals surface area contributed by atoms with Gasteiger partial charge in [-0.15, -0.1) is 0 Å². The standard InChI is InChI=1S/C21H17N3O5S/c1-30(26,27)13-17-16-5-2-3-6-18(16)29-19(17)20(25)24-14-7-9-15(10-8-14)28-21-22-11-4-12-23-21/h2-12H,13H2,1H3,(H,24,25). The second-order valence-electron chi connectivity index (χ2n) is 6.59. The number of nitrogens with zero attached hydrogens (tertiary/aromatic N) is 2. The van der Waals surface area contributed by atoms with Gasteiger partial charge in [0, 0.05) is 35.3 Å². The van der Waals surface area contributed by atoms with E-state index in [1.807, 2.05) is 0 Å². The van der Waals surface area contributed by atoms with Crippen molar-refractivity contribution in [2.24, 2.45) is 0 Å². The molecule has 0 atom stereocenters. The molecule has 0 aliphatic heterocycles. The highest BCUT2D eigenvalue weighted by atomic mass is 32.2. The first kappa shape index (κ1) is 19.6. The minimum atomic E-state index is -3.37. The van der Waals surface area contributed by atoms with Crippen LogP contribution < -0.4 is 10.1 Å². The number of fused-ring (bicyclic) bond motifs is 1. The zero-order chi connectivity index (χ0) is 21.1. The number of hydrogen-bond acceptors (Lipinski definition) is 7. The van der Waals surface area contributed by atoms with Crippen LogP contribution in [0.3, 0.4) is 0 Å². The van der Waals surface area contributed by atoms with Gasteiger partial charge in [-0.05, 0) is 36.4 Å². The third-order valence-electron chi connectivity index (χ3n) is 4.17. The molecule has 30 heavy (non-hydrogen) atoms. The van der Waals surface area contributed by atoms with E-state index in [1.165, 1.54) is 0 Å². The summed E-state index contributed by atoms with van der Waals surface area (Å²) in [6.07, 6.45) is 4.25. The molecule has 0 unspecified atom stereocenters. The van der Waals surface area contributed by atoms with Gasteiger partial charge in [-0.2, -0.15) is 0 Å². The maximum Gasteiger partial charge on any atom is 0.321 e. The van der Waals surface area contributed by atoms with Crippen LogP contribution >= 0.6 is 0 Å². The summed E-state index contributed by atoms with van der Waals surface area (Å²) < 4.78 is 34.9. The number of carbonyl (C=O) groups is 1. The second kappa shape index (κ2) is 7.96. The van der Waals surface area contributed by atoms with E-state index in [9.17, 15) is 13.2 Å². The maximum atomic E-state index is 12.8. The molecule has 1 amide bonds. The summed E-state index contributed by atoms with van der Waals surface area (Å²) in [5.41, 5.74) is 1.28. The van der Waals surface area contributed by atoms with Gasteiger partial charge in [0.1, 0.15) is 11.3 Å². The van der Waals surface area contributed by atoms with Crippen LogP contribution in [0.15, 0.2) is 71.4 Å². The molecule has 2 heterocycles. The van der Waals surface area contributed by atoms with Gasteiger partial charge in [-0.25, -0.2) is 18.4 Å². The van der Waals surface area contributed by atoms with Crippen LogP contribution in [-0.2, 0) is 15.6 Å². The topological polar surface area (TPSA) is 111 Å². The molecule has 4 rings (SSSR count). The van der Waals surface area contributed by atoms with E-state index in [-0.39, 0.29) is 17.5 Å². The van der Waals surface area contributed by atoms with Gasteiger partial charge < -0.3 is 14.5 Å². The summed E-state index contributed by atoms with van der Waals surface area (Å²) in [6, 6.07) is 15.4. The number of anilines is 1. The first-order chi connectivity index (χ1) is 14.4. The number of benzene rings is 2. The Morgan fingerprint density at radius 1 is 1.03 bits per heavy atom. The van der Waals surface area contributed by atoms with Gasteiger partial charge in [0.2, 0.25) is 0 Å². The number of furan rings is 1. The monoisotopic (exact) mass is 423 g/mol. The van der Waals surface area contributed by atoms with Crippen molar-refractivity contribution in [1.29, 1.82) is 0 Å². The molecule has 8 nitrogen and oxygen atoms in total. The van der Waals surface area contributed by atoms with E-state index < -0.39 is 15.7 Å². The van der Waals surface area contributed by atoms with Gasteiger partial charge in [-0.3, -0.25) is 4.79 Å². The summed E-state index contributed by atoms with van der Waals surface area (Å²) in [6.45, 7) is 0. The lowest BCUT2D eigenvalue weighted by Gasteiger charge is -2.07. The molecular formula is C21H17N3O5S. The highest BCUT2D eigenvalue weighted by Gasteiger charge is 2.23. The Bertz CT molecular complexity index is 1300. The second-order valence-corrected chi connectivity index (χ2v) is 8.73. The highest BCUT2D eigenvalue weighted by molar-refractivity contribution is 7.89. The first-order valence-electron chi connectivity index (χ1n) is 8.93. The molecule has 0 bridgehead atoms. The fourth-order valence-electron chi connectivity index (χ4n) is 2.93. The quantitative estimate of drug-likeness (QED) is 0.502. The number of aromatic nitrogens is 2. The SMILES string of the molecule is CS(=O)(=O)Cc1c(C(=O)Nc2ccc(Oc3ncccn3)cc2)oc2ccccc12. The van der Waals surface area contributed by atoms with Crippen LogP contribution in [-0.4, -0.2) is 30.5 Å². The molecule has 9 heteroatoms. The molecule has 2 aromatic carbocycles. The maximum absolute atomic E-state index is 12.8. The van der Waals surface area contributed by atoms with Crippen molar-refractivity contribution in [1.82, 2.24) is 9.97 Å². The largest absolute Gasteiger partial charge is 0.451 e. The van der Waals surface area contributed by atoms with Crippen molar-refractivity contribution in [3.05, 3.63) is 78.3 Å². The number of carbonyl (C=O) groups excluding carboxylic acids is 1. The molecule has 1 N–H and O–H groups in total. The van der Waals surface area contributed by atoms with E-state index in [4.69, 9.17) is 9.15 Å². The molecule has 2 aromatic heterocycles. The molecular weight excluding hydrogens is 406 g/mol. The van der Waals surface area contributed by atoms with Crippen LogP contribution in [0.2, 0.25) is 0 Å². The van der Waals surface area contributed by atoms with Crippen molar-refractivity contribution < 1.29 is 22.4 Å². The molecule has 152 valence electrons. The molecule has 0 fully saturated rings. The minimum absolute atomic E-state index is 0.0281. The van der Waals surface area contributed by atoms with Gasteiger partial charge >= 0.3 is 6.01 Å². The average Bonchev–Trinajstić information content (AvgIpc) is 3.07. The lowest BCUT2D eigenvalue weighted by molar-refractivity contribution is 0.0998. The van der Waals surface area contributed by atoms with Crippen LogP contribution in [0.4, 0.5) is 5.69 Å². The number of nitrogens with one attached hydrogen (secondary N) is 1. The Morgan fingerprint density at radius 2 is 1.73 bits per heavy atom. The van der Waals surface area contributed by atoms with Crippen molar-refractivity contribution in [3.8, 4) is 11.8 Å². The number of amides is 1. The molecule has 0 saturated carbocycles. The first-order valence-corrected chi connectivity index (χ1v) is 11.0. The summed E-state index contributed by atoms with van der Waals surface area (Å²) in [5, 5.41) is 3.32. The fourth-order valence-corrected chi connectivity index (χ4v) is 3.74. The average molecular weight is 423 g/mol. The summed E-state index contributed by atoms with van der Waals surface area (Å²) in [4.78, 5) is 20.8. The summed E-state index contributed by atoms with van der Waals surface area (Å²) in [5.74, 6) is -0.360. The number of hydrogen-bond donors (Lipinski definition) is 1. The van der Waals surface area contributed by atoms with E-state index in [2.05, 4.69) is 15.3 Å². The molecule has 0 aliphatic rings. The smallest absolute Gasteiger partial charge is 0.321 e. The van der Waals surface area contributed by atoms with Gasteiger partial charge in [0.05, 0.1) is 5.75 Å². The van der Waals surface area contributed by atoms with Crippen LogP contribution in [0.25, 0.3) is 11.0 Å². The zero-order valence-corrected chi connectivity index (χ0v) is 16.7. The van der Waals surface area contributed by atoms with Gasteiger partial charge in [0.25, 0.3) is 5.91 Å². The van der Waals surface area contributed by atoms with Gasteiger partial charge in [-0.1, -0.05) is 18.2 Å². The fraction of sp³-hybridized carbons (Fsp3) is 0.0952. The highest BCUT2D eigenvalue weighted by Crippen LogP contribution is 2.28. The van der Waals surface area contributed by atoms with Gasteiger partial charge in [0.15, 0.2) is 15.6 Å². The molecule has 0 radical (unpaired) electrons. The Labute approximate surface area is 172 Å². The lowest BCUT2D eigenvalue weighted by Crippen LogP contribution is -2.14. The Kier molecular flexibility index (Phi) is 5.20. The predicted octanol–water partition coefficient (Wildman–Crippen LogP) is 3.81. The van der Waals surface area contributed by atoms with Crippen LogP contribution in [0.5, 0.6) is 11.8 Å². The predicted molar refractivity (Wildman–Crippen MR) is 111 cm³/mol. The number of para-hydroxylation sites is 1. The molecule has 4 aromatic rings. The van der Waals surface area contributed by atoms with Crippen molar-refractivity contribution >= 4 is 32.4 Å². The van der Waals surface area contributed by atoms with Crippen LogP contribution in [0.1, 0.15) is 16.1 Å². The van der Waals surface area contributed by atoms with Crippen molar-refractivity contribution in [3.63, 3.8) is 0 Å². The Morgan fingerprint density at radius 3 is 2.43 bits per heavy atom. The van der Waals surface area contributed by atoms with E-state index in [0.29, 0.717) is 28.0 Å². The third kappa shape index (κ3) is 4.47. The number of rotatable bonds is 6. The Balaban J connectivity index is 1.56. The van der Waals surface area contributed by atoms with E-state index >= 15 is 0 Å². The molecule has 0 spiro atoms. The lowest BCUT2D eigenvalue weighted by atomic mass is 10.1. The Hall–Kier alpha value is -3.72. The zero-order valence-electron chi connectivity index (χ0n) is 15.9. The molecule has 0 aliphatic carbocycles. The van der Waals surface area contributed by atoms with E-state index in [1.54, 1.807) is 67.0 Å². The molecule has 0 saturated heterocycles. The number of ether oxygens (including phenoxy) is 1. The third-order valence-corrected chi connectivity index (χ3v) is 4.99. The van der Waals surface area contributed by atoms with Crippen molar-refractivity contribution in [2.75, 3.05) is 11.6 Å².